The molecule has 0 amide bonds. The van der Waals surface area contributed by atoms with Gasteiger partial charge < -0.3 is 17.8 Å². The summed E-state index contributed by atoms with van der Waals surface area (Å²) in [6.07, 6.45) is 0. The Balaban J connectivity index is 0. The molecule has 0 saturated carbocycles. The second kappa shape index (κ2) is 7.31. The number of hydrogen-bond acceptors (Lipinski definition) is 6. The summed E-state index contributed by atoms with van der Waals surface area (Å²) in [5, 5.41) is 0. The molecular weight excluding hydrogens is 239 g/mol. The van der Waals surface area contributed by atoms with Crippen molar-refractivity contribution in [3.8, 4) is 0 Å². The molecule has 0 rings (SSSR count). The van der Waals surface area contributed by atoms with Crippen LogP contribution >= 0.6 is 0 Å². The predicted molar refractivity (Wildman–Crippen MR) is 46.2 cm³/mol. The summed E-state index contributed by atoms with van der Waals surface area (Å²) in [6.45, 7) is 0. The van der Waals surface area contributed by atoms with Gasteiger partial charge in [0.15, 0.2) is 0 Å². The van der Waals surface area contributed by atoms with Crippen molar-refractivity contribution in [3.63, 3.8) is 0 Å². The van der Waals surface area contributed by atoms with E-state index < -0.39 is 24.7 Å². The Kier molecular flexibility index (Phi) is 9.08. The van der Waals surface area contributed by atoms with Crippen LogP contribution in [0.5, 0.6) is 0 Å². The molecule has 0 N–H and O–H groups in total. The van der Waals surface area contributed by atoms with Crippen LogP contribution in [0, 0.1) is 0 Å². The van der Waals surface area contributed by atoms with E-state index in [4.69, 9.17) is 13.3 Å². The number of rotatable bonds is 6. The van der Waals surface area contributed by atoms with Gasteiger partial charge in [0.05, 0.1) is 10.1 Å². The molecular formula is C5H13NaO6SSi. The van der Waals surface area contributed by atoms with Gasteiger partial charge in [0.25, 0.3) is 0 Å². The van der Waals surface area contributed by atoms with Crippen LogP contribution in [-0.4, -0.2) is 48.9 Å². The molecule has 0 aromatic carbocycles. The zero-order chi connectivity index (χ0) is 10.5. The van der Waals surface area contributed by atoms with E-state index in [0.717, 1.165) is 0 Å². The molecule has 6 nitrogen and oxygen atoms in total. The van der Waals surface area contributed by atoms with Gasteiger partial charge in [0, 0.05) is 33.1 Å². The molecule has 9 heteroatoms. The van der Waals surface area contributed by atoms with Crippen molar-refractivity contribution in [1.82, 2.24) is 0 Å². The average Bonchev–Trinajstić information content (AvgIpc) is 2.06. The van der Waals surface area contributed by atoms with Crippen LogP contribution in [0.25, 0.3) is 0 Å². The minimum absolute atomic E-state index is 0. The van der Waals surface area contributed by atoms with E-state index in [1.807, 2.05) is 0 Å². The van der Waals surface area contributed by atoms with Gasteiger partial charge in [0.1, 0.15) is 0 Å². The minimum Gasteiger partial charge on any atom is -0.748 e. The van der Waals surface area contributed by atoms with Crippen LogP contribution in [-0.2, 0) is 23.4 Å². The molecule has 0 aliphatic rings. The summed E-state index contributed by atoms with van der Waals surface area (Å²) in [4.78, 5) is 0. The molecule has 0 saturated heterocycles. The normalized spacial score (nSPS) is 12.3. The molecule has 0 aromatic rings. The van der Waals surface area contributed by atoms with Crippen LogP contribution < -0.4 is 29.6 Å². The molecule has 0 aliphatic heterocycles. The Bertz CT molecular complexity index is 230. The maximum atomic E-state index is 10.3. The van der Waals surface area contributed by atoms with Gasteiger partial charge in [-0.25, -0.2) is 8.42 Å². The molecule has 0 atom stereocenters. The van der Waals surface area contributed by atoms with Gasteiger partial charge in [-0.1, -0.05) is 0 Å². The fraction of sp³-hybridized carbons (Fsp3) is 1.00. The molecule has 14 heavy (non-hydrogen) atoms. The quantitative estimate of drug-likeness (QED) is 0.359. The van der Waals surface area contributed by atoms with Gasteiger partial charge in [-0.3, -0.25) is 0 Å². The average molecular weight is 252 g/mol. The first-order valence-corrected chi connectivity index (χ1v) is 6.99. The third-order valence-corrected chi connectivity index (χ3v) is 5.39. The van der Waals surface area contributed by atoms with E-state index in [-0.39, 0.29) is 35.6 Å². The monoisotopic (exact) mass is 252 g/mol. The maximum absolute atomic E-state index is 10.3. The Morgan fingerprint density at radius 2 is 1.50 bits per heavy atom. The van der Waals surface area contributed by atoms with E-state index in [1.54, 1.807) is 0 Å². The molecule has 0 unspecified atom stereocenters. The molecule has 0 fully saturated rings. The topological polar surface area (TPSA) is 84.9 Å². The van der Waals surface area contributed by atoms with Gasteiger partial charge in [-0.05, 0) is 0 Å². The summed E-state index contributed by atoms with van der Waals surface area (Å²) < 4.78 is 45.7. The Hall–Kier alpha value is 1.01. The molecule has 0 aliphatic carbocycles. The Labute approximate surface area is 107 Å². The van der Waals surface area contributed by atoms with Gasteiger partial charge in [0.2, 0.25) is 0 Å². The van der Waals surface area contributed by atoms with Crippen molar-refractivity contribution in [2.24, 2.45) is 0 Å². The van der Waals surface area contributed by atoms with Crippen molar-refractivity contribution in [2.75, 3.05) is 27.1 Å². The SMILES string of the molecule is CO[Si](CCS(=O)(=O)[O-])(OC)OC.[Na+]. The smallest absolute Gasteiger partial charge is 0.748 e. The third kappa shape index (κ3) is 6.48. The summed E-state index contributed by atoms with van der Waals surface area (Å²) in [5.41, 5.74) is 0. The second-order valence-electron chi connectivity index (χ2n) is 2.31. The molecule has 80 valence electrons. The van der Waals surface area contributed by atoms with Crippen molar-refractivity contribution in [2.45, 2.75) is 6.04 Å². The van der Waals surface area contributed by atoms with Gasteiger partial charge in [-0.15, -0.1) is 0 Å². The fourth-order valence-electron chi connectivity index (χ4n) is 0.806. The first-order chi connectivity index (χ1) is 5.89. The van der Waals surface area contributed by atoms with Crippen LogP contribution in [0.15, 0.2) is 0 Å². The van der Waals surface area contributed by atoms with Gasteiger partial charge >= 0.3 is 38.4 Å². The largest absolute Gasteiger partial charge is 1.00 e. The molecule has 0 radical (unpaired) electrons. The van der Waals surface area contributed by atoms with E-state index in [0.29, 0.717) is 0 Å². The third-order valence-electron chi connectivity index (χ3n) is 1.59. The molecule has 0 bridgehead atoms. The fourth-order valence-corrected chi connectivity index (χ4v) is 3.92. The van der Waals surface area contributed by atoms with Crippen LogP contribution in [0.4, 0.5) is 0 Å². The summed E-state index contributed by atoms with van der Waals surface area (Å²) in [6, 6.07) is -0.0255. The van der Waals surface area contributed by atoms with Crippen LogP contribution in [0.3, 0.4) is 0 Å². The van der Waals surface area contributed by atoms with Crippen LogP contribution in [0.2, 0.25) is 6.04 Å². The van der Waals surface area contributed by atoms with Crippen molar-refractivity contribution in [3.05, 3.63) is 0 Å². The Morgan fingerprint density at radius 1 is 1.14 bits per heavy atom. The van der Waals surface area contributed by atoms with E-state index in [2.05, 4.69) is 0 Å². The maximum Gasteiger partial charge on any atom is 1.00 e. The summed E-state index contributed by atoms with van der Waals surface area (Å²) >= 11 is 0. The predicted octanol–water partition coefficient (Wildman–Crippen LogP) is -3.59. The summed E-state index contributed by atoms with van der Waals surface area (Å²) in [7, 11) is -3.08. The molecule has 0 aromatic heterocycles. The first kappa shape index (κ1) is 17.4. The van der Waals surface area contributed by atoms with E-state index in [9.17, 15) is 13.0 Å². The van der Waals surface area contributed by atoms with Gasteiger partial charge in [-0.2, -0.15) is 0 Å². The second-order valence-corrected chi connectivity index (χ2v) is 6.92. The Morgan fingerprint density at radius 3 is 1.71 bits per heavy atom. The number of hydrogen-bond donors (Lipinski definition) is 0. The first-order valence-electron chi connectivity index (χ1n) is 3.48. The van der Waals surface area contributed by atoms with Crippen LogP contribution in [0.1, 0.15) is 0 Å². The van der Waals surface area contributed by atoms with Crippen molar-refractivity contribution >= 4 is 18.9 Å². The van der Waals surface area contributed by atoms with Crippen molar-refractivity contribution in [1.29, 1.82) is 0 Å². The minimum atomic E-state index is -4.24. The van der Waals surface area contributed by atoms with E-state index in [1.165, 1.54) is 21.3 Å². The molecule has 0 heterocycles. The molecule has 0 spiro atoms. The standard InChI is InChI=1S/C5H14O6SSi.Na/c1-9-13(10-2,11-3)5-4-12(6,7)8;/h4-5H2,1-3H3,(H,6,7,8);/q;+1/p-1. The van der Waals surface area contributed by atoms with Crippen molar-refractivity contribution < 1.29 is 55.8 Å². The zero-order valence-corrected chi connectivity index (χ0v) is 12.6. The zero-order valence-electron chi connectivity index (χ0n) is 8.77. The summed E-state index contributed by atoms with van der Waals surface area (Å²) in [5.74, 6) is -0.533. The van der Waals surface area contributed by atoms with E-state index >= 15 is 0 Å².